The summed E-state index contributed by atoms with van der Waals surface area (Å²) in [5, 5.41) is 5.82. The number of amides is 2. The van der Waals surface area contributed by atoms with Gasteiger partial charge in [0.1, 0.15) is 19.6 Å². The Morgan fingerprint density at radius 2 is 1.69 bits per heavy atom. The van der Waals surface area contributed by atoms with Gasteiger partial charge in [-0.15, -0.1) is 0 Å². The Bertz CT molecular complexity index is 844. The van der Waals surface area contributed by atoms with Crippen LogP contribution in [0.2, 0.25) is 5.02 Å². The largest absolute Gasteiger partial charge is 0.486 e. The van der Waals surface area contributed by atoms with E-state index in [9.17, 15) is 9.59 Å². The fourth-order valence-corrected chi connectivity index (χ4v) is 3.10. The molecule has 2 N–H and O–H groups in total. The lowest BCUT2D eigenvalue weighted by molar-refractivity contribution is -0.123. The maximum absolute atomic E-state index is 12.2. The zero-order chi connectivity index (χ0) is 18.7. The van der Waals surface area contributed by atoms with E-state index in [0.717, 1.165) is 11.1 Å². The van der Waals surface area contributed by atoms with Gasteiger partial charge in [-0.3, -0.25) is 9.59 Å². The van der Waals surface area contributed by atoms with Crippen molar-refractivity contribution in [3.05, 3.63) is 46.5 Å². The van der Waals surface area contributed by atoms with E-state index in [1.54, 1.807) is 24.3 Å². The molecule has 7 heteroatoms. The monoisotopic (exact) mass is 374 g/mol. The van der Waals surface area contributed by atoms with Crippen molar-refractivity contribution in [1.82, 2.24) is 0 Å². The summed E-state index contributed by atoms with van der Waals surface area (Å²) in [7, 11) is 0. The van der Waals surface area contributed by atoms with Gasteiger partial charge in [-0.25, -0.2) is 0 Å². The summed E-state index contributed by atoms with van der Waals surface area (Å²) in [5.74, 6) is 0.339. The second-order valence-corrected chi connectivity index (χ2v) is 6.48. The summed E-state index contributed by atoms with van der Waals surface area (Å²) < 4.78 is 10.9. The van der Waals surface area contributed by atoms with Gasteiger partial charge in [0.15, 0.2) is 11.5 Å². The topological polar surface area (TPSA) is 76.7 Å². The van der Waals surface area contributed by atoms with Crippen molar-refractivity contribution in [2.24, 2.45) is 0 Å². The minimum atomic E-state index is -0.436. The highest BCUT2D eigenvalue weighted by Crippen LogP contribution is 2.32. The van der Waals surface area contributed by atoms with Gasteiger partial charge in [-0.05, 0) is 43.2 Å². The fourth-order valence-electron chi connectivity index (χ4n) is 2.73. The number of ether oxygens (including phenoxy) is 2. The third-order valence-corrected chi connectivity index (χ3v) is 4.14. The molecule has 0 bridgehead atoms. The molecular formula is C19H19ClN2O4. The zero-order valence-corrected chi connectivity index (χ0v) is 15.3. The molecule has 0 fully saturated rings. The van der Waals surface area contributed by atoms with Crippen LogP contribution in [0.15, 0.2) is 30.3 Å². The lowest BCUT2D eigenvalue weighted by atomic mass is 10.1. The van der Waals surface area contributed by atoms with E-state index < -0.39 is 11.8 Å². The Morgan fingerprint density at radius 3 is 2.42 bits per heavy atom. The standard InChI is InChI=1S/C19H19ClN2O4/c1-11-7-12(2)19(14(20)8-11)22-18(24)10-17(23)21-13-3-4-15-16(9-13)26-6-5-25-15/h3-4,7-9H,5-6,10H2,1-2H3,(H,21,23)(H,22,24). The Hall–Kier alpha value is -2.73. The summed E-state index contributed by atoms with van der Waals surface area (Å²) in [6.45, 7) is 4.73. The average Bonchev–Trinajstić information content (AvgIpc) is 2.58. The lowest BCUT2D eigenvalue weighted by Crippen LogP contribution is -2.22. The lowest BCUT2D eigenvalue weighted by Gasteiger charge is -2.19. The first kappa shape index (κ1) is 18.1. The second-order valence-electron chi connectivity index (χ2n) is 6.07. The van der Waals surface area contributed by atoms with Crippen molar-refractivity contribution in [1.29, 1.82) is 0 Å². The molecule has 0 radical (unpaired) electrons. The van der Waals surface area contributed by atoms with Crippen LogP contribution in [0.5, 0.6) is 11.5 Å². The number of carbonyl (C=O) groups is 2. The first-order chi connectivity index (χ1) is 12.4. The van der Waals surface area contributed by atoms with Gasteiger partial charge < -0.3 is 20.1 Å². The highest BCUT2D eigenvalue weighted by atomic mass is 35.5. The molecule has 0 saturated heterocycles. The van der Waals surface area contributed by atoms with E-state index in [-0.39, 0.29) is 6.42 Å². The van der Waals surface area contributed by atoms with Gasteiger partial charge in [-0.2, -0.15) is 0 Å². The van der Waals surface area contributed by atoms with Crippen LogP contribution in [0.25, 0.3) is 0 Å². The van der Waals surface area contributed by atoms with Crippen molar-refractivity contribution < 1.29 is 19.1 Å². The molecule has 136 valence electrons. The molecule has 0 aliphatic carbocycles. The normalized spacial score (nSPS) is 12.4. The summed E-state index contributed by atoms with van der Waals surface area (Å²) >= 11 is 6.17. The Morgan fingerprint density at radius 1 is 1.00 bits per heavy atom. The Balaban J connectivity index is 1.61. The zero-order valence-electron chi connectivity index (χ0n) is 14.5. The minimum Gasteiger partial charge on any atom is -0.486 e. The molecule has 1 aliphatic rings. The number of nitrogens with one attached hydrogen (secondary N) is 2. The molecule has 2 aromatic carbocycles. The van der Waals surface area contributed by atoms with Gasteiger partial charge in [0.2, 0.25) is 11.8 Å². The van der Waals surface area contributed by atoms with Gasteiger partial charge in [0, 0.05) is 11.8 Å². The van der Waals surface area contributed by atoms with Crippen molar-refractivity contribution in [3.8, 4) is 11.5 Å². The van der Waals surface area contributed by atoms with Crippen molar-refractivity contribution in [2.45, 2.75) is 20.3 Å². The van der Waals surface area contributed by atoms with E-state index in [1.165, 1.54) is 0 Å². The Kier molecular flexibility index (Phi) is 5.32. The van der Waals surface area contributed by atoms with Crippen LogP contribution in [0.4, 0.5) is 11.4 Å². The molecule has 0 aromatic heterocycles. The van der Waals surface area contributed by atoms with Gasteiger partial charge in [0.05, 0.1) is 10.7 Å². The van der Waals surface area contributed by atoms with E-state index in [1.807, 2.05) is 19.9 Å². The fraction of sp³-hybridized carbons (Fsp3) is 0.263. The van der Waals surface area contributed by atoms with Crippen LogP contribution in [0.1, 0.15) is 17.5 Å². The van der Waals surface area contributed by atoms with Crippen molar-refractivity contribution in [2.75, 3.05) is 23.8 Å². The molecule has 3 rings (SSSR count). The minimum absolute atomic E-state index is 0.321. The van der Waals surface area contributed by atoms with Crippen molar-refractivity contribution in [3.63, 3.8) is 0 Å². The molecule has 2 aromatic rings. The molecule has 0 unspecified atom stereocenters. The van der Waals surface area contributed by atoms with Gasteiger partial charge in [-0.1, -0.05) is 17.7 Å². The predicted molar refractivity (Wildman–Crippen MR) is 100 cm³/mol. The molecule has 1 aliphatic heterocycles. The molecule has 0 saturated carbocycles. The number of halogens is 1. The maximum Gasteiger partial charge on any atom is 0.233 e. The second kappa shape index (κ2) is 7.66. The van der Waals surface area contributed by atoms with E-state index in [0.29, 0.717) is 41.1 Å². The average molecular weight is 375 g/mol. The third-order valence-electron chi connectivity index (χ3n) is 3.84. The number of anilines is 2. The van der Waals surface area contributed by atoms with Crippen molar-refractivity contribution >= 4 is 34.8 Å². The third kappa shape index (κ3) is 4.26. The van der Waals surface area contributed by atoms with Crippen LogP contribution in [0.3, 0.4) is 0 Å². The molecule has 1 heterocycles. The number of hydrogen-bond acceptors (Lipinski definition) is 4. The van der Waals surface area contributed by atoms with Gasteiger partial charge >= 0.3 is 0 Å². The summed E-state index contributed by atoms with van der Waals surface area (Å²) in [4.78, 5) is 24.3. The van der Waals surface area contributed by atoms with Crippen LogP contribution in [0, 0.1) is 13.8 Å². The quantitative estimate of drug-likeness (QED) is 0.800. The number of aryl methyl sites for hydroxylation is 2. The van der Waals surface area contributed by atoms with Crippen LogP contribution in [-0.4, -0.2) is 25.0 Å². The first-order valence-electron chi connectivity index (χ1n) is 8.18. The highest BCUT2D eigenvalue weighted by Gasteiger charge is 2.16. The highest BCUT2D eigenvalue weighted by molar-refractivity contribution is 6.34. The number of benzene rings is 2. The van der Waals surface area contributed by atoms with E-state index in [4.69, 9.17) is 21.1 Å². The molecule has 0 spiro atoms. The molecule has 2 amide bonds. The smallest absolute Gasteiger partial charge is 0.233 e. The first-order valence-corrected chi connectivity index (χ1v) is 8.56. The summed E-state index contributed by atoms with van der Waals surface area (Å²) in [6.07, 6.45) is -0.321. The van der Waals surface area contributed by atoms with Gasteiger partial charge in [0.25, 0.3) is 0 Å². The molecule has 26 heavy (non-hydrogen) atoms. The molecule has 6 nitrogen and oxygen atoms in total. The number of hydrogen-bond donors (Lipinski definition) is 2. The van der Waals surface area contributed by atoms with E-state index in [2.05, 4.69) is 10.6 Å². The number of rotatable bonds is 4. The predicted octanol–water partition coefficient (Wildman–Crippen LogP) is 3.70. The van der Waals surface area contributed by atoms with Crippen LogP contribution >= 0.6 is 11.6 Å². The van der Waals surface area contributed by atoms with Crippen LogP contribution < -0.4 is 20.1 Å². The van der Waals surface area contributed by atoms with E-state index >= 15 is 0 Å². The summed E-state index contributed by atoms with van der Waals surface area (Å²) in [5.41, 5.74) is 2.91. The summed E-state index contributed by atoms with van der Waals surface area (Å²) in [6, 6.07) is 8.77. The number of fused-ring (bicyclic) bond motifs is 1. The Labute approximate surface area is 156 Å². The molecular weight excluding hydrogens is 356 g/mol. The maximum atomic E-state index is 12.2. The van der Waals surface area contributed by atoms with Crippen LogP contribution in [-0.2, 0) is 9.59 Å². The number of carbonyl (C=O) groups excluding carboxylic acids is 2. The molecule has 0 atom stereocenters. The SMILES string of the molecule is Cc1cc(C)c(NC(=O)CC(=O)Nc2ccc3c(c2)OCCO3)c(Cl)c1.